The molecule has 2 aliphatic rings. The summed E-state index contributed by atoms with van der Waals surface area (Å²) in [6, 6.07) is 10.4. The lowest BCUT2D eigenvalue weighted by Crippen LogP contribution is -2.49. The van der Waals surface area contributed by atoms with Crippen LogP contribution in [0, 0.1) is 0 Å². The number of hydrogen-bond acceptors (Lipinski definition) is 6. The Labute approximate surface area is 210 Å². The summed E-state index contributed by atoms with van der Waals surface area (Å²) >= 11 is 3.35. The maximum absolute atomic E-state index is 12.9. The average molecular weight is 503 g/mol. The molecule has 0 aliphatic carbocycles. The van der Waals surface area contributed by atoms with Gasteiger partial charge in [0.05, 0.1) is 11.5 Å². The first-order valence-corrected chi connectivity index (χ1v) is 13.7. The Balaban J connectivity index is 1.40. The van der Waals surface area contributed by atoms with E-state index in [0.717, 1.165) is 27.5 Å². The quantitative estimate of drug-likeness (QED) is 0.540. The fourth-order valence-corrected chi connectivity index (χ4v) is 6.41. The summed E-state index contributed by atoms with van der Waals surface area (Å²) in [5.74, 6) is 0.997. The number of benzene rings is 1. The molecular weight excluding hydrogens is 468 g/mol. The van der Waals surface area contributed by atoms with Crippen LogP contribution >= 0.6 is 23.1 Å². The van der Waals surface area contributed by atoms with E-state index in [9.17, 15) is 9.59 Å². The van der Waals surface area contributed by atoms with Gasteiger partial charge in [-0.1, -0.05) is 19.1 Å². The van der Waals surface area contributed by atoms with Crippen molar-refractivity contribution in [3.05, 3.63) is 51.2 Å². The maximum atomic E-state index is 12.9. The number of amides is 2. The Kier molecular flexibility index (Phi) is 7.60. The third kappa shape index (κ3) is 5.78. The molecule has 1 fully saturated rings. The Bertz CT molecular complexity index is 1020. The van der Waals surface area contributed by atoms with E-state index in [-0.39, 0.29) is 12.0 Å². The largest absolute Gasteiger partial charge is 0.444 e. The molecule has 1 aromatic carbocycles. The predicted molar refractivity (Wildman–Crippen MR) is 137 cm³/mol. The van der Waals surface area contributed by atoms with Crippen LogP contribution in [0.15, 0.2) is 35.2 Å². The number of ether oxygens (including phenoxy) is 2. The van der Waals surface area contributed by atoms with Gasteiger partial charge in [0, 0.05) is 29.4 Å². The minimum Gasteiger partial charge on any atom is -0.444 e. The first kappa shape index (κ1) is 25.1. The number of thioether (sulfide) groups is 1. The van der Waals surface area contributed by atoms with Crippen LogP contribution in [0.4, 0.5) is 4.79 Å². The second-order valence-corrected chi connectivity index (χ2v) is 12.2. The zero-order valence-corrected chi connectivity index (χ0v) is 22.1. The molecule has 0 bridgehead atoms. The van der Waals surface area contributed by atoms with Gasteiger partial charge in [-0.3, -0.25) is 4.79 Å². The van der Waals surface area contributed by atoms with Gasteiger partial charge >= 0.3 is 6.09 Å². The molecule has 4 rings (SSSR count). The molecule has 1 spiro atoms. The monoisotopic (exact) mass is 502 g/mol. The van der Waals surface area contributed by atoms with Gasteiger partial charge in [-0.15, -0.1) is 23.1 Å². The summed E-state index contributed by atoms with van der Waals surface area (Å²) in [5.41, 5.74) is 1.37. The van der Waals surface area contributed by atoms with E-state index in [4.69, 9.17) is 9.47 Å². The number of thiophene rings is 1. The molecule has 0 radical (unpaired) electrons. The zero-order valence-electron chi connectivity index (χ0n) is 20.4. The number of nitrogens with zero attached hydrogens (tertiary/aromatic N) is 1. The van der Waals surface area contributed by atoms with Crippen LogP contribution < -0.4 is 5.32 Å². The van der Waals surface area contributed by atoms with E-state index < -0.39 is 11.2 Å². The predicted octanol–water partition coefficient (Wildman–Crippen LogP) is 5.59. The second kappa shape index (κ2) is 10.3. The van der Waals surface area contributed by atoms with Crippen molar-refractivity contribution in [2.75, 3.05) is 25.4 Å². The van der Waals surface area contributed by atoms with E-state index >= 15 is 0 Å². The maximum Gasteiger partial charge on any atom is 0.410 e. The molecule has 2 aromatic rings. The zero-order chi connectivity index (χ0) is 24.3. The molecule has 0 unspecified atom stereocenters. The summed E-state index contributed by atoms with van der Waals surface area (Å²) < 4.78 is 11.8. The SMILES string of the molecule is CCSc1ccc(CNC(=O)c2cc3c(s2)C2(CCN(C(=O)OC(C)(C)C)CC2)OCC3)cc1. The number of hydrogen-bond donors (Lipinski definition) is 1. The highest BCUT2D eigenvalue weighted by molar-refractivity contribution is 7.99. The molecule has 0 saturated carbocycles. The van der Waals surface area contributed by atoms with Crippen LogP contribution in [0.5, 0.6) is 0 Å². The third-order valence-electron chi connectivity index (χ3n) is 6.11. The van der Waals surface area contributed by atoms with Crippen LogP contribution in [-0.2, 0) is 28.0 Å². The molecule has 1 aromatic heterocycles. The first-order chi connectivity index (χ1) is 16.2. The van der Waals surface area contributed by atoms with Gasteiger partial charge < -0.3 is 19.7 Å². The van der Waals surface area contributed by atoms with Crippen molar-refractivity contribution < 1.29 is 19.1 Å². The summed E-state index contributed by atoms with van der Waals surface area (Å²) in [7, 11) is 0. The van der Waals surface area contributed by atoms with Gasteiger partial charge in [-0.05, 0) is 75.1 Å². The summed E-state index contributed by atoms with van der Waals surface area (Å²) in [4.78, 5) is 30.3. The first-order valence-electron chi connectivity index (χ1n) is 11.9. The second-order valence-electron chi connectivity index (χ2n) is 9.78. The van der Waals surface area contributed by atoms with Gasteiger partial charge in [-0.25, -0.2) is 4.79 Å². The van der Waals surface area contributed by atoms with Crippen molar-refractivity contribution in [3.63, 3.8) is 0 Å². The molecule has 1 saturated heterocycles. The fourth-order valence-electron chi connectivity index (χ4n) is 4.42. The molecule has 2 aliphatic heterocycles. The lowest BCUT2D eigenvalue weighted by molar-refractivity contribution is -0.0950. The molecule has 184 valence electrons. The number of fused-ring (bicyclic) bond motifs is 2. The molecule has 3 heterocycles. The van der Waals surface area contributed by atoms with Gasteiger partial charge in [-0.2, -0.15) is 0 Å². The molecule has 1 N–H and O–H groups in total. The Morgan fingerprint density at radius 3 is 2.56 bits per heavy atom. The Morgan fingerprint density at radius 2 is 1.91 bits per heavy atom. The Morgan fingerprint density at radius 1 is 1.21 bits per heavy atom. The van der Waals surface area contributed by atoms with Crippen molar-refractivity contribution in [3.8, 4) is 0 Å². The Hall–Kier alpha value is -2.03. The smallest absolute Gasteiger partial charge is 0.410 e. The number of likely N-dealkylation sites (tertiary alicyclic amines) is 1. The van der Waals surface area contributed by atoms with Gasteiger partial charge in [0.1, 0.15) is 11.2 Å². The molecule has 2 amide bonds. The average Bonchev–Trinajstić information content (AvgIpc) is 3.24. The number of rotatable bonds is 5. The normalized spacial score (nSPS) is 17.4. The van der Waals surface area contributed by atoms with E-state index in [1.807, 2.05) is 38.6 Å². The van der Waals surface area contributed by atoms with Gasteiger partial charge in [0.25, 0.3) is 5.91 Å². The third-order valence-corrected chi connectivity index (χ3v) is 8.36. The lowest BCUT2D eigenvalue weighted by atomic mass is 9.85. The van der Waals surface area contributed by atoms with Crippen molar-refractivity contribution in [1.29, 1.82) is 0 Å². The van der Waals surface area contributed by atoms with Crippen molar-refractivity contribution in [1.82, 2.24) is 10.2 Å². The summed E-state index contributed by atoms with van der Waals surface area (Å²) in [6.07, 6.45) is 1.96. The number of nitrogens with one attached hydrogen (secondary N) is 1. The van der Waals surface area contributed by atoms with Crippen LogP contribution in [0.25, 0.3) is 0 Å². The topological polar surface area (TPSA) is 67.9 Å². The van der Waals surface area contributed by atoms with Crippen LogP contribution in [-0.4, -0.2) is 48.0 Å². The van der Waals surface area contributed by atoms with Gasteiger partial charge in [0.15, 0.2) is 0 Å². The molecular formula is C26H34N2O4S2. The van der Waals surface area contributed by atoms with E-state index in [1.54, 1.807) is 4.90 Å². The van der Waals surface area contributed by atoms with Crippen molar-refractivity contribution in [2.45, 2.75) is 69.6 Å². The van der Waals surface area contributed by atoms with Crippen LogP contribution in [0.1, 0.15) is 66.2 Å². The standard InChI is InChI=1S/C26H34N2O4S2/c1-5-33-20-8-6-18(7-9-20)17-27-23(29)21-16-19-10-15-31-26(22(19)34-21)11-13-28(14-12-26)24(30)32-25(2,3)4/h6-9,16H,5,10-15,17H2,1-4H3,(H,27,29). The molecule has 8 heteroatoms. The fraction of sp³-hybridized carbons (Fsp3) is 0.538. The number of carbonyl (C=O) groups is 2. The van der Waals surface area contributed by atoms with Crippen molar-refractivity contribution >= 4 is 35.1 Å². The van der Waals surface area contributed by atoms with E-state index in [0.29, 0.717) is 39.1 Å². The van der Waals surface area contributed by atoms with E-state index in [1.165, 1.54) is 21.8 Å². The lowest BCUT2D eigenvalue weighted by Gasteiger charge is -2.43. The number of piperidine rings is 1. The molecule has 0 atom stereocenters. The van der Waals surface area contributed by atoms with E-state index in [2.05, 4.69) is 36.5 Å². The molecule has 6 nitrogen and oxygen atoms in total. The summed E-state index contributed by atoms with van der Waals surface area (Å²) in [5, 5.41) is 3.07. The highest BCUT2D eigenvalue weighted by atomic mass is 32.2. The van der Waals surface area contributed by atoms with Crippen LogP contribution in [0.2, 0.25) is 0 Å². The highest BCUT2D eigenvalue weighted by Gasteiger charge is 2.44. The summed E-state index contributed by atoms with van der Waals surface area (Å²) in [6.45, 7) is 10.1. The minimum atomic E-state index is -0.507. The minimum absolute atomic E-state index is 0.0484. The van der Waals surface area contributed by atoms with Gasteiger partial charge in [0.2, 0.25) is 0 Å². The highest BCUT2D eigenvalue weighted by Crippen LogP contribution is 2.45. The number of carbonyl (C=O) groups excluding carboxylic acids is 2. The molecule has 34 heavy (non-hydrogen) atoms. The van der Waals surface area contributed by atoms with Crippen LogP contribution in [0.3, 0.4) is 0 Å². The van der Waals surface area contributed by atoms with Crippen molar-refractivity contribution in [2.24, 2.45) is 0 Å².